The van der Waals surface area contributed by atoms with Crippen molar-refractivity contribution in [3.63, 3.8) is 0 Å². The van der Waals surface area contributed by atoms with E-state index < -0.39 is 26.6 Å². The molecule has 0 aliphatic carbocycles. The van der Waals surface area contributed by atoms with Crippen molar-refractivity contribution in [3.8, 4) is 12.3 Å². The van der Waals surface area contributed by atoms with E-state index in [1.807, 2.05) is 0 Å². The summed E-state index contributed by atoms with van der Waals surface area (Å²) < 4.78 is 52.5. The molecule has 0 aromatic heterocycles. The van der Waals surface area contributed by atoms with Crippen LogP contribution in [0.15, 0.2) is 17.0 Å². The number of rotatable bonds is 6. The summed E-state index contributed by atoms with van der Waals surface area (Å²) in [7, 11) is -4.25. The summed E-state index contributed by atoms with van der Waals surface area (Å²) >= 11 is 1.33. The standard InChI is InChI=1S/C11H12F2N2O2S2/c1-2-4-18-5-3-15-19(16,17)11-9(12)6-8(14)7-10(11)13/h1,6-7,15H,3-5,14H2. The van der Waals surface area contributed by atoms with Crippen LogP contribution in [0.25, 0.3) is 0 Å². The van der Waals surface area contributed by atoms with Crippen LogP contribution in [-0.2, 0) is 10.0 Å². The first-order valence-electron chi connectivity index (χ1n) is 5.14. The molecule has 0 saturated heterocycles. The summed E-state index contributed by atoms with van der Waals surface area (Å²) in [4.78, 5) is -1.02. The Bertz CT molecular complexity index is 574. The van der Waals surface area contributed by atoms with Crippen molar-refractivity contribution in [2.45, 2.75) is 4.90 Å². The second-order valence-electron chi connectivity index (χ2n) is 3.47. The lowest BCUT2D eigenvalue weighted by Crippen LogP contribution is -2.28. The van der Waals surface area contributed by atoms with Crippen LogP contribution in [-0.4, -0.2) is 26.5 Å². The van der Waals surface area contributed by atoms with Gasteiger partial charge in [-0.3, -0.25) is 0 Å². The molecule has 4 nitrogen and oxygen atoms in total. The highest BCUT2D eigenvalue weighted by atomic mass is 32.2. The van der Waals surface area contributed by atoms with E-state index in [2.05, 4.69) is 10.6 Å². The van der Waals surface area contributed by atoms with E-state index in [4.69, 9.17) is 12.2 Å². The molecule has 0 bridgehead atoms. The molecule has 0 amide bonds. The molecule has 1 rings (SSSR count). The topological polar surface area (TPSA) is 72.2 Å². The van der Waals surface area contributed by atoms with Gasteiger partial charge in [-0.15, -0.1) is 18.2 Å². The maximum atomic E-state index is 13.5. The van der Waals surface area contributed by atoms with Crippen LogP contribution in [0.1, 0.15) is 0 Å². The highest BCUT2D eigenvalue weighted by molar-refractivity contribution is 7.99. The van der Waals surface area contributed by atoms with Crippen LogP contribution < -0.4 is 10.5 Å². The van der Waals surface area contributed by atoms with Gasteiger partial charge in [0, 0.05) is 18.0 Å². The van der Waals surface area contributed by atoms with E-state index in [-0.39, 0.29) is 12.2 Å². The summed E-state index contributed by atoms with van der Waals surface area (Å²) in [6, 6.07) is 1.51. The third-order valence-corrected chi connectivity index (χ3v) is 4.39. The number of anilines is 1. The number of terminal acetylenes is 1. The minimum absolute atomic E-state index is 0.0257. The molecule has 8 heteroatoms. The minimum atomic E-state index is -4.25. The molecule has 0 spiro atoms. The zero-order chi connectivity index (χ0) is 14.5. The van der Waals surface area contributed by atoms with Crippen molar-refractivity contribution < 1.29 is 17.2 Å². The summed E-state index contributed by atoms with van der Waals surface area (Å²) in [5.74, 6) is 0.772. The van der Waals surface area contributed by atoms with Gasteiger partial charge in [0.25, 0.3) is 0 Å². The van der Waals surface area contributed by atoms with Crippen LogP contribution in [0.3, 0.4) is 0 Å². The molecule has 0 aliphatic rings. The van der Waals surface area contributed by atoms with Crippen molar-refractivity contribution in [2.24, 2.45) is 0 Å². The molecule has 0 fully saturated rings. The number of nitrogens with two attached hydrogens (primary N) is 1. The number of thioether (sulfide) groups is 1. The smallest absolute Gasteiger partial charge is 0.246 e. The maximum Gasteiger partial charge on any atom is 0.246 e. The highest BCUT2D eigenvalue weighted by Crippen LogP contribution is 2.21. The molecule has 0 heterocycles. The van der Waals surface area contributed by atoms with Gasteiger partial charge in [0.1, 0.15) is 11.6 Å². The van der Waals surface area contributed by atoms with E-state index in [1.165, 1.54) is 11.8 Å². The van der Waals surface area contributed by atoms with Gasteiger partial charge in [0.2, 0.25) is 10.0 Å². The van der Waals surface area contributed by atoms with Crippen LogP contribution >= 0.6 is 11.8 Å². The average molecular weight is 306 g/mol. The molecule has 19 heavy (non-hydrogen) atoms. The molecule has 0 radical (unpaired) electrons. The van der Waals surface area contributed by atoms with E-state index in [0.717, 1.165) is 12.1 Å². The molecular weight excluding hydrogens is 294 g/mol. The quantitative estimate of drug-likeness (QED) is 0.470. The van der Waals surface area contributed by atoms with Crippen molar-refractivity contribution in [1.82, 2.24) is 4.72 Å². The maximum absolute atomic E-state index is 13.5. The molecule has 0 aliphatic heterocycles. The number of hydrogen-bond donors (Lipinski definition) is 2. The molecule has 1 aromatic rings. The van der Waals surface area contributed by atoms with Gasteiger partial charge < -0.3 is 5.73 Å². The summed E-state index contributed by atoms with van der Waals surface area (Å²) in [5, 5.41) is 0. The van der Waals surface area contributed by atoms with E-state index in [9.17, 15) is 17.2 Å². The van der Waals surface area contributed by atoms with Crippen LogP contribution in [0, 0.1) is 24.0 Å². The lowest BCUT2D eigenvalue weighted by atomic mass is 10.3. The lowest BCUT2D eigenvalue weighted by Gasteiger charge is -2.08. The molecule has 0 atom stereocenters. The third-order valence-electron chi connectivity index (χ3n) is 2.01. The second kappa shape index (κ2) is 6.75. The Labute approximate surface area is 114 Å². The van der Waals surface area contributed by atoms with Crippen molar-refractivity contribution in [2.75, 3.05) is 23.8 Å². The Hall–Kier alpha value is -1.30. The fourth-order valence-electron chi connectivity index (χ4n) is 1.29. The fourth-order valence-corrected chi connectivity index (χ4v) is 3.07. The third kappa shape index (κ3) is 4.38. The van der Waals surface area contributed by atoms with E-state index in [0.29, 0.717) is 11.5 Å². The normalized spacial score (nSPS) is 11.2. The van der Waals surface area contributed by atoms with Gasteiger partial charge in [-0.2, -0.15) is 0 Å². The predicted octanol–water partition coefficient (Wildman–Crippen LogP) is 1.19. The monoisotopic (exact) mass is 306 g/mol. The van der Waals surface area contributed by atoms with Crippen molar-refractivity contribution in [1.29, 1.82) is 0 Å². The number of hydrogen-bond acceptors (Lipinski definition) is 4. The van der Waals surface area contributed by atoms with Gasteiger partial charge in [0.15, 0.2) is 4.90 Å². The van der Waals surface area contributed by atoms with Crippen LogP contribution in [0.4, 0.5) is 14.5 Å². The molecule has 1 aromatic carbocycles. The lowest BCUT2D eigenvalue weighted by molar-refractivity contribution is 0.516. The van der Waals surface area contributed by atoms with Crippen LogP contribution in [0.2, 0.25) is 0 Å². The first kappa shape index (κ1) is 15.8. The highest BCUT2D eigenvalue weighted by Gasteiger charge is 2.24. The van der Waals surface area contributed by atoms with Gasteiger partial charge in [-0.25, -0.2) is 21.9 Å². The summed E-state index contributed by atoms with van der Waals surface area (Å²) in [5.41, 5.74) is 5.03. The second-order valence-corrected chi connectivity index (χ2v) is 6.28. The van der Waals surface area contributed by atoms with Crippen molar-refractivity contribution in [3.05, 3.63) is 23.8 Å². The number of sulfonamides is 1. The Kier molecular flexibility index (Phi) is 5.60. The number of nitrogens with one attached hydrogen (secondary N) is 1. The van der Waals surface area contributed by atoms with Gasteiger partial charge >= 0.3 is 0 Å². The SMILES string of the molecule is C#CCSCCNS(=O)(=O)c1c(F)cc(N)cc1F. The Balaban J connectivity index is 2.81. The number of benzene rings is 1. The molecule has 0 unspecified atom stereocenters. The average Bonchev–Trinajstić information content (AvgIpc) is 2.26. The first-order valence-corrected chi connectivity index (χ1v) is 7.77. The van der Waals surface area contributed by atoms with Gasteiger partial charge in [-0.05, 0) is 12.1 Å². The minimum Gasteiger partial charge on any atom is -0.399 e. The van der Waals surface area contributed by atoms with Crippen LogP contribution in [0.5, 0.6) is 0 Å². The zero-order valence-corrected chi connectivity index (χ0v) is 11.5. The Morgan fingerprint density at radius 3 is 2.47 bits per heavy atom. The Morgan fingerprint density at radius 1 is 1.37 bits per heavy atom. The van der Waals surface area contributed by atoms with Gasteiger partial charge in [-0.1, -0.05) is 5.92 Å². The predicted molar refractivity (Wildman–Crippen MR) is 72.1 cm³/mol. The van der Waals surface area contributed by atoms with Gasteiger partial charge in [0.05, 0.1) is 5.75 Å². The number of halogens is 2. The fraction of sp³-hybridized carbons (Fsp3) is 0.273. The molecular formula is C11H12F2N2O2S2. The van der Waals surface area contributed by atoms with E-state index >= 15 is 0 Å². The van der Waals surface area contributed by atoms with E-state index in [1.54, 1.807) is 0 Å². The van der Waals surface area contributed by atoms with Crippen molar-refractivity contribution >= 4 is 27.5 Å². The Morgan fingerprint density at radius 2 is 1.95 bits per heavy atom. The summed E-state index contributed by atoms with van der Waals surface area (Å²) in [6.45, 7) is 0.0257. The largest absolute Gasteiger partial charge is 0.399 e. The molecule has 104 valence electrons. The number of nitrogen functional groups attached to an aromatic ring is 1. The summed E-state index contributed by atoms with van der Waals surface area (Å²) in [6.07, 6.45) is 5.02. The molecule has 0 saturated carbocycles. The first-order chi connectivity index (χ1) is 8.88. The molecule has 3 N–H and O–H groups in total. The zero-order valence-electron chi connectivity index (χ0n) is 9.82.